The molecule has 104 valence electrons. The van der Waals surface area contributed by atoms with Gasteiger partial charge in [-0.05, 0) is 63.5 Å². The van der Waals surface area contributed by atoms with Crippen molar-refractivity contribution >= 4 is 11.6 Å². The minimum atomic E-state index is -0.0104. The molecule has 1 amide bonds. The average Bonchev–Trinajstić information content (AvgIpc) is 2.41. The summed E-state index contributed by atoms with van der Waals surface area (Å²) in [4.78, 5) is 14.5. The van der Waals surface area contributed by atoms with Crippen molar-refractivity contribution < 1.29 is 4.79 Å². The zero-order valence-corrected chi connectivity index (χ0v) is 11.8. The summed E-state index contributed by atoms with van der Waals surface area (Å²) >= 11 is 0. The fourth-order valence-electron chi connectivity index (χ4n) is 2.50. The van der Waals surface area contributed by atoms with Crippen LogP contribution in [-0.2, 0) is 0 Å². The number of nitrogens with one attached hydrogen (secondary N) is 1. The summed E-state index contributed by atoms with van der Waals surface area (Å²) in [6, 6.07) is 5.48. The second-order valence-corrected chi connectivity index (χ2v) is 5.48. The molecule has 2 rings (SSSR count). The van der Waals surface area contributed by atoms with Gasteiger partial charge in [-0.25, -0.2) is 0 Å². The second kappa shape index (κ2) is 6.06. The highest BCUT2D eigenvalue weighted by Gasteiger charge is 2.18. The molecule has 0 saturated carbocycles. The van der Waals surface area contributed by atoms with Crippen molar-refractivity contribution in [2.24, 2.45) is 5.92 Å². The molecule has 1 aromatic carbocycles. The summed E-state index contributed by atoms with van der Waals surface area (Å²) in [5.74, 6) is 0.588. The van der Waals surface area contributed by atoms with E-state index in [1.54, 1.807) is 0 Å². The Morgan fingerprint density at radius 3 is 2.79 bits per heavy atom. The lowest BCUT2D eigenvalue weighted by molar-refractivity contribution is 0.0938. The first kappa shape index (κ1) is 13.9. The highest BCUT2D eigenvalue weighted by atomic mass is 16.1. The van der Waals surface area contributed by atoms with E-state index in [4.69, 9.17) is 5.73 Å². The van der Waals surface area contributed by atoms with Gasteiger partial charge in [-0.3, -0.25) is 4.79 Å². The second-order valence-electron chi connectivity index (χ2n) is 5.48. The Hall–Kier alpha value is -1.55. The molecule has 4 nitrogen and oxygen atoms in total. The van der Waals surface area contributed by atoms with Gasteiger partial charge in [-0.2, -0.15) is 0 Å². The van der Waals surface area contributed by atoms with Crippen LogP contribution in [0.2, 0.25) is 0 Å². The van der Waals surface area contributed by atoms with Crippen LogP contribution >= 0.6 is 0 Å². The van der Waals surface area contributed by atoms with Gasteiger partial charge in [0.25, 0.3) is 5.91 Å². The molecule has 0 aromatic heterocycles. The maximum atomic E-state index is 12.1. The molecule has 1 heterocycles. The number of nitrogens with zero attached hydrogens (tertiary/aromatic N) is 1. The van der Waals surface area contributed by atoms with E-state index in [1.165, 1.54) is 0 Å². The number of hydrogen-bond donors (Lipinski definition) is 2. The molecule has 1 saturated heterocycles. The van der Waals surface area contributed by atoms with Crippen LogP contribution in [0.5, 0.6) is 0 Å². The average molecular weight is 261 g/mol. The number of rotatable bonds is 3. The molecule has 0 aliphatic carbocycles. The van der Waals surface area contributed by atoms with E-state index < -0.39 is 0 Å². The van der Waals surface area contributed by atoms with Crippen LogP contribution < -0.4 is 11.1 Å². The zero-order chi connectivity index (χ0) is 13.8. The van der Waals surface area contributed by atoms with Gasteiger partial charge in [-0.15, -0.1) is 0 Å². The van der Waals surface area contributed by atoms with Gasteiger partial charge < -0.3 is 16.0 Å². The van der Waals surface area contributed by atoms with Crippen molar-refractivity contribution in [2.75, 3.05) is 32.4 Å². The van der Waals surface area contributed by atoms with Crippen molar-refractivity contribution in [3.05, 3.63) is 29.3 Å². The third kappa shape index (κ3) is 3.47. The number of amides is 1. The molecule has 1 aliphatic heterocycles. The smallest absolute Gasteiger partial charge is 0.251 e. The quantitative estimate of drug-likeness (QED) is 0.813. The third-order valence-electron chi connectivity index (χ3n) is 4.01. The van der Waals surface area contributed by atoms with E-state index in [0.29, 0.717) is 17.2 Å². The SMILES string of the molecule is Cc1c(N)cccc1C(=O)NCC1CCN(C)CC1. The molecular weight excluding hydrogens is 238 g/mol. The molecule has 0 bridgehead atoms. The largest absolute Gasteiger partial charge is 0.398 e. The lowest BCUT2D eigenvalue weighted by Crippen LogP contribution is -2.37. The van der Waals surface area contributed by atoms with Crippen molar-refractivity contribution in [1.82, 2.24) is 10.2 Å². The molecule has 3 N–H and O–H groups in total. The Kier molecular flexibility index (Phi) is 4.43. The summed E-state index contributed by atoms with van der Waals surface area (Å²) in [5, 5.41) is 3.04. The highest BCUT2D eigenvalue weighted by molar-refractivity contribution is 5.96. The molecule has 0 unspecified atom stereocenters. The first-order chi connectivity index (χ1) is 9.08. The molecule has 0 atom stereocenters. The Balaban J connectivity index is 1.89. The van der Waals surface area contributed by atoms with Crippen LogP contribution in [0.15, 0.2) is 18.2 Å². The number of benzene rings is 1. The summed E-state index contributed by atoms with van der Waals surface area (Å²) in [7, 11) is 2.14. The van der Waals surface area contributed by atoms with Crippen LogP contribution in [0.1, 0.15) is 28.8 Å². The van der Waals surface area contributed by atoms with Gasteiger partial charge in [0.15, 0.2) is 0 Å². The fraction of sp³-hybridized carbons (Fsp3) is 0.533. The molecule has 0 radical (unpaired) electrons. The molecule has 0 spiro atoms. The van der Waals surface area contributed by atoms with Crippen molar-refractivity contribution in [3.63, 3.8) is 0 Å². The van der Waals surface area contributed by atoms with Crippen molar-refractivity contribution in [1.29, 1.82) is 0 Å². The summed E-state index contributed by atoms with van der Waals surface area (Å²) in [6.45, 7) is 4.90. The van der Waals surface area contributed by atoms with Crippen LogP contribution in [0.4, 0.5) is 5.69 Å². The first-order valence-corrected chi connectivity index (χ1v) is 6.89. The number of nitrogen functional groups attached to an aromatic ring is 1. The van der Waals surface area contributed by atoms with E-state index in [0.717, 1.165) is 38.0 Å². The lowest BCUT2D eigenvalue weighted by atomic mass is 9.97. The molecule has 1 fully saturated rings. The number of hydrogen-bond acceptors (Lipinski definition) is 3. The molecule has 1 aliphatic rings. The highest BCUT2D eigenvalue weighted by Crippen LogP contribution is 2.17. The maximum absolute atomic E-state index is 12.1. The van der Waals surface area contributed by atoms with Gasteiger partial charge in [0.1, 0.15) is 0 Å². The third-order valence-corrected chi connectivity index (χ3v) is 4.01. The first-order valence-electron chi connectivity index (χ1n) is 6.89. The van der Waals surface area contributed by atoms with Crippen molar-refractivity contribution in [2.45, 2.75) is 19.8 Å². The van der Waals surface area contributed by atoms with Gasteiger partial charge in [0.05, 0.1) is 0 Å². The maximum Gasteiger partial charge on any atom is 0.251 e. The van der Waals surface area contributed by atoms with Gasteiger partial charge in [-0.1, -0.05) is 6.07 Å². The molecule has 4 heteroatoms. The van der Waals surface area contributed by atoms with Crippen LogP contribution in [0.25, 0.3) is 0 Å². The van der Waals surface area contributed by atoms with E-state index in [1.807, 2.05) is 25.1 Å². The number of carbonyl (C=O) groups is 1. The van der Waals surface area contributed by atoms with E-state index >= 15 is 0 Å². The minimum absolute atomic E-state index is 0.0104. The molecular formula is C15H23N3O. The number of likely N-dealkylation sites (tertiary alicyclic amines) is 1. The monoisotopic (exact) mass is 261 g/mol. The number of piperidine rings is 1. The molecule has 19 heavy (non-hydrogen) atoms. The standard InChI is InChI=1S/C15H23N3O/c1-11-13(4-3-5-14(11)16)15(19)17-10-12-6-8-18(2)9-7-12/h3-5,12H,6-10,16H2,1-2H3,(H,17,19). The van der Waals surface area contributed by atoms with Crippen molar-refractivity contribution in [3.8, 4) is 0 Å². The minimum Gasteiger partial charge on any atom is -0.398 e. The number of nitrogens with two attached hydrogens (primary N) is 1. The predicted molar refractivity (Wildman–Crippen MR) is 78.1 cm³/mol. The lowest BCUT2D eigenvalue weighted by Gasteiger charge is -2.29. The van der Waals surface area contributed by atoms with E-state index in [-0.39, 0.29) is 5.91 Å². The van der Waals surface area contributed by atoms with Crippen LogP contribution in [0, 0.1) is 12.8 Å². The topological polar surface area (TPSA) is 58.4 Å². The van der Waals surface area contributed by atoms with Gasteiger partial charge in [0.2, 0.25) is 0 Å². The van der Waals surface area contributed by atoms with Crippen LogP contribution in [-0.4, -0.2) is 37.5 Å². The Morgan fingerprint density at radius 2 is 2.11 bits per heavy atom. The van der Waals surface area contributed by atoms with Crippen LogP contribution in [0.3, 0.4) is 0 Å². The fourth-order valence-corrected chi connectivity index (χ4v) is 2.50. The van der Waals surface area contributed by atoms with E-state index in [9.17, 15) is 4.79 Å². The number of carbonyl (C=O) groups excluding carboxylic acids is 1. The Bertz CT molecular complexity index is 451. The van der Waals surface area contributed by atoms with E-state index in [2.05, 4.69) is 17.3 Å². The summed E-state index contributed by atoms with van der Waals surface area (Å²) < 4.78 is 0. The normalized spacial score (nSPS) is 17.4. The summed E-state index contributed by atoms with van der Waals surface area (Å²) in [5.41, 5.74) is 8.05. The molecule has 1 aromatic rings. The van der Waals surface area contributed by atoms with Gasteiger partial charge >= 0.3 is 0 Å². The van der Waals surface area contributed by atoms with Gasteiger partial charge in [0, 0.05) is 17.8 Å². The predicted octanol–water partition coefficient (Wildman–Crippen LogP) is 1.65. The summed E-state index contributed by atoms with van der Waals surface area (Å²) in [6.07, 6.45) is 2.32. The number of anilines is 1. The Morgan fingerprint density at radius 1 is 1.42 bits per heavy atom. The Labute approximate surface area is 115 Å². The zero-order valence-electron chi connectivity index (χ0n) is 11.8.